The van der Waals surface area contributed by atoms with Crippen LogP contribution in [-0.4, -0.2) is 22.7 Å². The molecule has 0 saturated carbocycles. The van der Waals surface area contributed by atoms with E-state index in [1.54, 1.807) is 24.0 Å². The predicted octanol–water partition coefficient (Wildman–Crippen LogP) is 2.01. The third-order valence-electron chi connectivity index (χ3n) is 2.79. The van der Waals surface area contributed by atoms with Gasteiger partial charge in [-0.3, -0.25) is 4.79 Å². The molecule has 0 unspecified atom stereocenters. The predicted molar refractivity (Wildman–Crippen MR) is 77.3 cm³/mol. The lowest BCUT2D eigenvalue weighted by atomic mass is 10.1. The van der Waals surface area contributed by atoms with Crippen molar-refractivity contribution in [1.82, 2.24) is 15.1 Å². The molecule has 100 valence electrons. The van der Waals surface area contributed by atoms with Crippen molar-refractivity contribution in [2.45, 2.75) is 13.0 Å². The maximum atomic E-state index is 11.5. The Labute approximate surface area is 119 Å². The van der Waals surface area contributed by atoms with Crippen molar-refractivity contribution < 1.29 is 4.79 Å². The highest BCUT2D eigenvalue weighted by atomic mass is 79.9. The maximum absolute atomic E-state index is 11.5. The number of rotatable bonds is 3. The molecule has 2 aromatic rings. The van der Waals surface area contributed by atoms with E-state index in [0.717, 1.165) is 15.7 Å². The lowest BCUT2D eigenvalue weighted by Crippen LogP contribution is -2.18. The second-order valence-electron chi connectivity index (χ2n) is 4.22. The third-order valence-corrected chi connectivity index (χ3v) is 3.47. The summed E-state index contributed by atoms with van der Waals surface area (Å²) in [6, 6.07) is 7.43. The Balaban J connectivity index is 2.35. The van der Waals surface area contributed by atoms with E-state index in [4.69, 9.17) is 5.73 Å². The second-order valence-corrected chi connectivity index (χ2v) is 5.07. The van der Waals surface area contributed by atoms with Gasteiger partial charge >= 0.3 is 0 Å². The summed E-state index contributed by atoms with van der Waals surface area (Å²) in [5, 5.41) is 6.76. The smallest absolute Gasteiger partial charge is 0.271 e. The number of nitrogens with two attached hydrogens (primary N) is 1. The first-order valence-electron chi connectivity index (χ1n) is 5.86. The molecule has 5 nitrogen and oxygen atoms in total. The second kappa shape index (κ2) is 5.54. The molecule has 0 fully saturated rings. The van der Waals surface area contributed by atoms with Crippen molar-refractivity contribution in [2.75, 3.05) is 7.05 Å². The van der Waals surface area contributed by atoms with Gasteiger partial charge in [0, 0.05) is 23.8 Å². The van der Waals surface area contributed by atoms with E-state index in [0.29, 0.717) is 5.69 Å². The molecule has 19 heavy (non-hydrogen) atoms. The molecule has 0 aliphatic rings. The minimum Gasteiger partial charge on any atom is -0.354 e. The number of carbonyl (C=O) groups is 1. The van der Waals surface area contributed by atoms with Crippen LogP contribution in [-0.2, 0) is 0 Å². The van der Waals surface area contributed by atoms with Crippen molar-refractivity contribution in [3.05, 3.63) is 46.2 Å². The van der Waals surface area contributed by atoms with E-state index in [1.165, 1.54) is 0 Å². The van der Waals surface area contributed by atoms with Gasteiger partial charge in [0.2, 0.25) is 0 Å². The normalized spacial score (nSPS) is 12.2. The average Bonchev–Trinajstić information content (AvgIpc) is 2.86. The van der Waals surface area contributed by atoms with Gasteiger partial charge in [0.15, 0.2) is 5.69 Å². The molecule has 0 radical (unpaired) electrons. The van der Waals surface area contributed by atoms with E-state index >= 15 is 0 Å². The molecule has 2 rings (SSSR count). The Morgan fingerprint density at radius 3 is 2.79 bits per heavy atom. The van der Waals surface area contributed by atoms with Gasteiger partial charge in [0.25, 0.3) is 5.91 Å². The molecule has 1 aromatic heterocycles. The van der Waals surface area contributed by atoms with Crippen LogP contribution in [0.2, 0.25) is 0 Å². The highest BCUT2D eigenvalue weighted by molar-refractivity contribution is 9.10. The molecule has 0 aliphatic heterocycles. The zero-order valence-corrected chi connectivity index (χ0v) is 12.3. The number of carbonyl (C=O) groups excluding carboxylic acids is 1. The monoisotopic (exact) mass is 322 g/mol. The van der Waals surface area contributed by atoms with Crippen LogP contribution < -0.4 is 11.1 Å². The van der Waals surface area contributed by atoms with Crippen molar-refractivity contribution in [1.29, 1.82) is 0 Å². The standard InChI is InChI=1S/C13H15BrN4O/c1-8(15)10-4-3-9(7-11(10)14)18-6-5-12(17-18)13(19)16-2/h3-8H,15H2,1-2H3,(H,16,19)/t8-/m1/s1. The number of halogens is 1. The maximum Gasteiger partial charge on any atom is 0.271 e. The van der Waals surface area contributed by atoms with Gasteiger partial charge < -0.3 is 11.1 Å². The van der Waals surface area contributed by atoms with Gasteiger partial charge in [-0.1, -0.05) is 22.0 Å². The summed E-state index contributed by atoms with van der Waals surface area (Å²) in [6.45, 7) is 1.93. The number of nitrogens with one attached hydrogen (secondary N) is 1. The lowest BCUT2D eigenvalue weighted by Gasteiger charge is -2.10. The summed E-state index contributed by atoms with van der Waals surface area (Å²) in [5.41, 5.74) is 8.14. The quantitative estimate of drug-likeness (QED) is 0.907. The molecule has 3 N–H and O–H groups in total. The van der Waals surface area contributed by atoms with Gasteiger partial charge in [-0.2, -0.15) is 5.10 Å². The fraction of sp³-hybridized carbons (Fsp3) is 0.231. The highest BCUT2D eigenvalue weighted by Crippen LogP contribution is 2.24. The Morgan fingerprint density at radius 1 is 1.47 bits per heavy atom. The number of amides is 1. The van der Waals surface area contributed by atoms with Crippen LogP contribution in [0, 0.1) is 0 Å². The summed E-state index contributed by atoms with van der Waals surface area (Å²) in [6.07, 6.45) is 1.75. The number of aromatic nitrogens is 2. The minimum atomic E-state index is -0.204. The first kappa shape index (κ1) is 13.8. The lowest BCUT2D eigenvalue weighted by molar-refractivity contribution is 0.0957. The summed E-state index contributed by atoms with van der Waals surface area (Å²) in [7, 11) is 1.58. The number of hydrogen-bond acceptors (Lipinski definition) is 3. The summed E-state index contributed by atoms with van der Waals surface area (Å²) < 4.78 is 2.58. The molecule has 6 heteroatoms. The SMILES string of the molecule is CNC(=O)c1ccn(-c2ccc([C@@H](C)N)c(Br)c2)n1. The molecular formula is C13H15BrN4O. The molecule has 0 bridgehead atoms. The molecule has 0 aliphatic carbocycles. The van der Waals surface area contributed by atoms with Gasteiger partial charge in [-0.15, -0.1) is 0 Å². The molecule has 1 amide bonds. The number of benzene rings is 1. The third kappa shape index (κ3) is 2.85. The van der Waals surface area contributed by atoms with E-state index < -0.39 is 0 Å². The molecule has 1 atom stereocenters. The summed E-state index contributed by atoms with van der Waals surface area (Å²) in [4.78, 5) is 11.5. The first-order chi connectivity index (χ1) is 9.02. The fourth-order valence-electron chi connectivity index (χ4n) is 1.74. The first-order valence-corrected chi connectivity index (χ1v) is 6.65. The van der Waals surface area contributed by atoms with Crippen LogP contribution in [0.25, 0.3) is 5.69 Å². The van der Waals surface area contributed by atoms with Crippen molar-refractivity contribution in [3.8, 4) is 5.69 Å². The van der Waals surface area contributed by atoms with Crippen LogP contribution in [0.4, 0.5) is 0 Å². The van der Waals surface area contributed by atoms with E-state index in [9.17, 15) is 4.79 Å². The highest BCUT2D eigenvalue weighted by Gasteiger charge is 2.10. The largest absolute Gasteiger partial charge is 0.354 e. The zero-order valence-electron chi connectivity index (χ0n) is 10.7. The van der Waals surface area contributed by atoms with Gasteiger partial charge in [-0.25, -0.2) is 4.68 Å². The minimum absolute atomic E-state index is 0.0394. The molecule has 1 aromatic carbocycles. The van der Waals surface area contributed by atoms with E-state index in [-0.39, 0.29) is 11.9 Å². The van der Waals surface area contributed by atoms with Crippen molar-refractivity contribution in [3.63, 3.8) is 0 Å². The topological polar surface area (TPSA) is 72.9 Å². The number of hydrogen-bond donors (Lipinski definition) is 2. The van der Waals surface area contributed by atoms with Crippen LogP contribution in [0.3, 0.4) is 0 Å². The van der Waals surface area contributed by atoms with Crippen LogP contribution >= 0.6 is 15.9 Å². The van der Waals surface area contributed by atoms with Gasteiger partial charge in [-0.05, 0) is 30.7 Å². The van der Waals surface area contributed by atoms with Crippen LogP contribution in [0.5, 0.6) is 0 Å². The fourth-order valence-corrected chi connectivity index (χ4v) is 2.47. The Hall–Kier alpha value is -1.66. The van der Waals surface area contributed by atoms with Gasteiger partial charge in [0.1, 0.15) is 0 Å². The Morgan fingerprint density at radius 2 is 2.21 bits per heavy atom. The van der Waals surface area contributed by atoms with Crippen molar-refractivity contribution >= 4 is 21.8 Å². The number of nitrogens with zero attached hydrogens (tertiary/aromatic N) is 2. The average molecular weight is 323 g/mol. The van der Waals surface area contributed by atoms with Crippen LogP contribution in [0.15, 0.2) is 34.9 Å². The zero-order chi connectivity index (χ0) is 14.0. The van der Waals surface area contributed by atoms with E-state index in [1.807, 2.05) is 25.1 Å². The molecule has 0 saturated heterocycles. The molecular weight excluding hydrogens is 308 g/mol. The Bertz CT molecular complexity index is 606. The molecule has 1 heterocycles. The summed E-state index contributed by atoms with van der Waals surface area (Å²) in [5.74, 6) is -0.204. The van der Waals surface area contributed by atoms with E-state index in [2.05, 4.69) is 26.3 Å². The summed E-state index contributed by atoms with van der Waals surface area (Å²) >= 11 is 3.49. The Kier molecular flexibility index (Phi) is 4.01. The molecule has 0 spiro atoms. The van der Waals surface area contributed by atoms with Crippen molar-refractivity contribution in [2.24, 2.45) is 5.73 Å². The van der Waals surface area contributed by atoms with Crippen LogP contribution in [0.1, 0.15) is 29.0 Å². The van der Waals surface area contributed by atoms with Gasteiger partial charge in [0.05, 0.1) is 5.69 Å².